The van der Waals surface area contributed by atoms with E-state index < -0.39 is 0 Å². The van der Waals surface area contributed by atoms with Crippen LogP contribution < -0.4 is 4.74 Å². The van der Waals surface area contributed by atoms with E-state index in [1.54, 1.807) is 18.2 Å². The first-order valence-electron chi connectivity index (χ1n) is 13.5. The van der Waals surface area contributed by atoms with Crippen LogP contribution in [0.15, 0.2) is 91.1 Å². The molecule has 0 radical (unpaired) electrons. The number of rotatable bonds is 9. The van der Waals surface area contributed by atoms with E-state index in [9.17, 15) is 9.18 Å². The molecule has 1 fully saturated rings. The topological polar surface area (TPSA) is 45.7 Å². The van der Waals surface area contributed by atoms with Crippen LogP contribution in [0, 0.1) is 11.7 Å². The summed E-state index contributed by atoms with van der Waals surface area (Å²) in [5.41, 5.74) is 4.15. The summed E-state index contributed by atoms with van der Waals surface area (Å²) in [7, 11) is 2.12. The molecule has 1 aliphatic heterocycles. The zero-order valence-electron chi connectivity index (χ0n) is 22.3. The molecule has 0 aliphatic carbocycles. The summed E-state index contributed by atoms with van der Waals surface area (Å²) in [6, 6.07) is 25.0. The van der Waals surface area contributed by atoms with Gasteiger partial charge in [-0.3, -0.25) is 14.7 Å². The van der Waals surface area contributed by atoms with E-state index in [0.717, 1.165) is 49.1 Å². The minimum absolute atomic E-state index is 0.0447. The van der Waals surface area contributed by atoms with E-state index in [-0.39, 0.29) is 17.6 Å². The van der Waals surface area contributed by atoms with Crippen molar-refractivity contribution in [1.29, 1.82) is 0 Å². The lowest BCUT2D eigenvalue weighted by Crippen LogP contribution is -2.40. The van der Waals surface area contributed by atoms with Gasteiger partial charge in [-0.15, -0.1) is 0 Å². The summed E-state index contributed by atoms with van der Waals surface area (Å²) in [4.78, 5) is 21.3. The van der Waals surface area contributed by atoms with Gasteiger partial charge in [-0.25, -0.2) is 4.39 Å². The highest BCUT2D eigenvalue weighted by Crippen LogP contribution is 2.21. The van der Waals surface area contributed by atoms with Crippen LogP contribution in [0.1, 0.15) is 29.5 Å². The number of hydrogen-bond acceptors (Lipinski definition) is 4. The molecule has 6 heteroatoms. The van der Waals surface area contributed by atoms with Gasteiger partial charge in [-0.05, 0) is 85.1 Å². The van der Waals surface area contributed by atoms with Gasteiger partial charge in [0.05, 0.1) is 12.1 Å². The third-order valence-electron chi connectivity index (χ3n) is 7.05. The average Bonchev–Trinajstić information content (AvgIpc) is 2.95. The number of likely N-dealkylation sites (tertiary alicyclic amines) is 1. The fourth-order valence-corrected chi connectivity index (χ4v) is 5.13. The van der Waals surface area contributed by atoms with Crippen molar-refractivity contribution in [2.24, 2.45) is 5.92 Å². The van der Waals surface area contributed by atoms with E-state index in [1.165, 1.54) is 29.3 Å². The maximum Gasteiger partial charge on any atom is 0.246 e. The lowest BCUT2D eigenvalue weighted by Gasteiger charge is -2.32. The highest BCUT2D eigenvalue weighted by atomic mass is 19.1. The smallest absolute Gasteiger partial charge is 0.246 e. The van der Waals surface area contributed by atoms with Crippen molar-refractivity contribution < 1.29 is 13.9 Å². The van der Waals surface area contributed by atoms with Crippen molar-refractivity contribution in [2.45, 2.75) is 25.9 Å². The van der Waals surface area contributed by atoms with Gasteiger partial charge in [-0.2, -0.15) is 0 Å². The normalized spacial score (nSPS) is 15.8. The van der Waals surface area contributed by atoms with Gasteiger partial charge in [0.1, 0.15) is 11.6 Å². The summed E-state index contributed by atoms with van der Waals surface area (Å²) in [6.45, 7) is 3.62. The molecule has 4 aromatic rings. The minimum atomic E-state index is -0.307. The number of halogens is 1. The van der Waals surface area contributed by atoms with Crippen LogP contribution in [0.25, 0.3) is 17.0 Å². The number of nitrogens with zero attached hydrogens (tertiary/aromatic N) is 3. The maximum atomic E-state index is 13.4. The molecule has 3 aromatic carbocycles. The van der Waals surface area contributed by atoms with E-state index >= 15 is 0 Å². The van der Waals surface area contributed by atoms with E-state index in [4.69, 9.17) is 4.74 Å². The van der Waals surface area contributed by atoms with Crippen LogP contribution in [0.2, 0.25) is 0 Å². The highest BCUT2D eigenvalue weighted by Gasteiger charge is 2.23. The quantitative estimate of drug-likeness (QED) is 0.240. The van der Waals surface area contributed by atoms with Crippen molar-refractivity contribution in [1.82, 2.24) is 14.8 Å². The summed E-state index contributed by atoms with van der Waals surface area (Å²) in [5, 5.41) is 1.16. The molecule has 0 bridgehead atoms. The Hall–Kier alpha value is -4.03. The van der Waals surface area contributed by atoms with Gasteiger partial charge >= 0.3 is 0 Å². The van der Waals surface area contributed by atoms with Gasteiger partial charge < -0.3 is 9.64 Å². The molecule has 0 N–H and O–H groups in total. The molecule has 1 aromatic heterocycles. The minimum Gasteiger partial charge on any atom is -0.493 e. The van der Waals surface area contributed by atoms with Crippen LogP contribution in [0.4, 0.5) is 4.39 Å². The molecule has 200 valence electrons. The number of pyridine rings is 1. The second-order valence-corrected chi connectivity index (χ2v) is 10.3. The predicted octanol–water partition coefficient (Wildman–Crippen LogP) is 6.34. The Morgan fingerprint density at radius 1 is 1.05 bits per heavy atom. The molecule has 1 unspecified atom stereocenters. The fraction of sp³-hybridized carbons (Fsp3) is 0.273. The third-order valence-corrected chi connectivity index (χ3v) is 7.05. The van der Waals surface area contributed by atoms with E-state index in [0.29, 0.717) is 18.7 Å². The first-order chi connectivity index (χ1) is 19.0. The highest BCUT2D eigenvalue weighted by molar-refractivity contribution is 5.91. The molecule has 5 nitrogen and oxygen atoms in total. The average molecular weight is 524 g/mol. The molecule has 5 rings (SSSR count). The Morgan fingerprint density at radius 2 is 1.90 bits per heavy atom. The molecule has 39 heavy (non-hydrogen) atoms. The molecule has 2 heterocycles. The number of carbonyl (C=O) groups excluding carboxylic acids is 1. The van der Waals surface area contributed by atoms with Crippen molar-refractivity contribution >= 4 is 22.9 Å². The number of ether oxygens (including phenoxy) is 1. The first kappa shape index (κ1) is 26.6. The fourth-order valence-electron chi connectivity index (χ4n) is 5.13. The molecule has 1 saturated heterocycles. The third kappa shape index (κ3) is 7.52. The van der Waals surface area contributed by atoms with Gasteiger partial charge in [-0.1, -0.05) is 36.4 Å². The second-order valence-electron chi connectivity index (χ2n) is 10.3. The first-order valence-corrected chi connectivity index (χ1v) is 13.5. The van der Waals surface area contributed by atoms with Crippen LogP contribution in [-0.2, 0) is 17.9 Å². The molecule has 0 spiro atoms. The second kappa shape index (κ2) is 12.7. The van der Waals surface area contributed by atoms with Crippen molar-refractivity contribution in [2.75, 3.05) is 26.7 Å². The van der Waals surface area contributed by atoms with Crippen LogP contribution in [0.5, 0.6) is 5.75 Å². The number of hydrogen-bond donors (Lipinski definition) is 0. The Bertz CT molecular complexity index is 1450. The number of carbonyl (C=O) groups is 1. The van der Waals surface area contributed by atoms with Crippen molar-refractivity contribution in [3.63, 3.8) is 0 Å². The molecule has 1 amide bonds. The zero-order chi connectivity index (χ0) is 27.0. The monoisotopic (exact) mass is 523 g/mol. The SMILES string of the molecule is CN(Cc1cccc(OCC2CCCN(C(=O)C=Cc3cccc(F)c3)C2)c1)Cc1ccc2ncccc2c1. The zero-order valence-corrected chi connectivity index (χ0v) is 22.3. The van der Waals surface area contributed by atoms with Gasteiger partial charge in [0.2, 0.25) is 5.91 Å². The number of aromatic nitrogens is 1. The number of amides is 1. The number of fused-ring (bicyclic) bond motifs is 1. The Balaban J connectivity index is 1.11. The largest absolute Gasteiger partial charge is 0.493 e. The van der Waals surface area contributed by atoms with Crippen LogP contribution >= 0.6 is 0 Å². The summed E-state index contributed by atoms with van der Waals surface area (Å²) in [6.07, 6.45) is 7.00. The molecule has 0 saturated carbocycles. The van der Waals surface area contributed by atoms with Crippen molar-refractivity contribution in [3.05, 3.63) is 114 Å². The Labute approximate surface area is 229 Å². The standard InChI is InChI=1S/C33H34FN3O2/c1-36(22-27-12-14-32-29(18-27)9-4-16-35-32)21-26-7-3-11-31(20-26)39-24-28-8-5-17-37(23-28)33(38)15-13-25-6-2-10-30(34)19-25/h2-4,6-7,9-16,18-20,28H,5,8,17,21-24H2,1H3. The lowest BCUT2D eigenvalue weighted by atomic mass is 9.99. The van der Waals surface area contributed by atoms with Crippen LogP contribution in [-0.4, -0.2) is 47.4 Å². The molecule has 1 aliphatic rings. The van der Waals surface area contributed by atoms with Gasteiger partial charge in [0.25, 0.3) is 0 Å². The van der Waals surface area contributed by atoms with Gasteiger partial charge in [0, 0.05) is 49.8 Å². The Kier molecular flexibility index (Phi) is 8.64. The maximum absolute atomic E-state index is 13.4. The predicted molar refractivity (Wildman–Crippen MR) is 154 cm³/mol. The van der Waals surface area contributed by atoms with Crippen LogP contribution in [0.3, 0.4) is 0 Å². The molecule has 1 atom stereocenters. The number of piperidine rings is 1. The van der Waals surface area contributed by atoms with E-state index in [1.807, 2.05) is 29.3 Å². The number of benzene rings is 3. The van der Waals surface area contributed by atoms with Crippen molar-refractivity contribution in [3.8, 4) is 5.75 Å². The summed E-state index contributed by atoms with van der Waals surface area (Å²) in [5.74, 6) is 0.779. The summed E-state index contributed by atoms with van der Waals surface area (Å²) < 4.78 is 19.6. The molecular formula is C33H34FN3O2. The lowest BCUT2D eigenvalue weighted by molar-refractivity contribution is -0.127. The molecular weight excluding hydrogens is 489 g/mol. The van der Waals surface area contributed by atoms with E-state index in [2.05, 4.69) is 53.3 Å². The summed E-state index contributed by atoms with van der Waals surface area (Å²) >= 11 is 0. The van der Waals surface area contributed by atoms with Gasteiger partial charge in [0.15, 0.2) is 0 Å². The Morgan fingerprint density at radius 3 is 2.77 bits per heavy atom.